The zero-order chi connectivity index (χ0) is 7.56. The van der Waals surface area contributed by atoms with Crippen LogP contribution in [0.1, 0.15) is 18.1 Å². The second kappa shape index (κ2) is 2.65. The molecule has 0 atom stereocenters. The molecule has 0 radical (unpaired) electrons. The highest BCUT2D eigenvalue weighted by Crippen LogP contribution is 2.13. The van der Waals surface area contributed by atoms with Crippen LogP contribution in [-0.4, -0.2) is 4.98 Å². The number of rotatable bonds is 1. The summed E-state index contributed by atoms with van der Waals surface area (Å²) in [5, 5.41) is 0. The maximum atomic E-state index is 4.01. The van der Waals surface area contributed by atoms with Gasteiger partial charge in [0.1, 0.15) is 0 Å². The SMILES string of the molecule is C=C(C)c1cnccc1C. The van der Waals surface area contributed by atoms with Gasteiger partial charge in [0.25, 0.3) is 0 Å². The molecular weight excluding hydrogens is 122 g/mol. The van der Waals surface area contributed by atoms with Gasteiger partial charge in [0.15, 0.2) is 0 Å². The Bertz CT molecular complexity index is 251. The number of nitrogens with zero attached hydrogens (tertiary/aromatic N) is 1. The number of aromatic nitrogens is 1. The lowest BCUT2D eigenvalue weighted by atomic mass is 10.1. The molecule has 52 valence electrons. The Balaban J connectivity index is 3.15. The van der Waals surface area contributed by atoms with Gasteiger partial charge in [0, 0.05) is 12.4 Å². The first kappa shape index (κ1) is 7.00. The predicted octanol–water partition coefficient (Wildman–Crippen LogP) is 2.42. The van der Waals surface area contributed by atoms with Crippen molar-refractivity contribution in [3.63, 3.8) is 0 Å². The molecule has 0 amide bonds. The Kier molecular flexibility index (Phi) is 1.86. The van der Waals surface area contributed by atoms with Crippen molar-refractivity contribution in [3.8, 4) is 0 Å². The molecule has 1 aromatic heterocycles. The summed E-state index contributed by atoms with van der Waals surface area (Å²) in [5.74, 6) is 0. The molecule has 0 N–H and O–H groups in total. The number of aryl methyl sites for hydroxylation is 1. The highest BCUT2D eigenvalue weighted by Gasteiger charge is 1.95. The van der Waals surface area contributed by atoms with Gasteiger partial charge >= 0.3 is 0 Å². The van der Waals surface area contributed by atoms with Gasteiger partial charge in [-0.05, 0) is 36.6 Å². The number of hydrogen-bond donors (Lipinski definition) is 0. The second-order valence-corrected chi connectivity index (χ2v) is 2.47. The molecule has 0 spiro atoms. The van der Waals surface area contributed by atoms with Crippen LogP contribution >= 0.6 is 0 Å². The fourth-order valence-electron chi connectivity index (χ4n) is 0.911. The molecule has 1 rings (SSSR count). The fourth-order valence-corrected chi connectivity index (χ4v) is 0.911. The molecule has 0 saturated heterocycles. The van der Waals surface area contributed by atoms with E-state index >= 15 is 0 Å². The Morgan fingerprint density at radius 2 is 2.30 bits per heavy atom. The van der Waals surface area contributed by atoms with E-state index in [1.807, 2.05) is 19.2 Å². The predicted molar refractivity (Wildman–Crippen MR) is 43.7 cm³/mol. The standard InChI is InChI=1S/C9H11N/c1-7(2)9-6-10-5-4-8(9)3/h4-6H,1H2,2-3H3. The zero-order valence-electron chi connectivity index (χ0n) is 6.39. The van der Waals surface area contributed by atoms with E-state index in [1.165, 1.54) is 5.56 Å². The van der Waals surface area contributed by atoms with Crippen molar-refractivity contribution in [3.05, 3.63) is 36.2 Å². The van der Waals surface area contributed by atoms with Crippen LogP contribution in [0.4, 0.5) is 0 Å². The first-order chi connectivity index (χ1) is 4.72. The third-order valence-electron chi connectivity index (χ3n) is 1.50. The van der Waals surface area contributed by atoms with Gasteiger partial charge < -0.3 is 0 Å². The van der Waals surface area contributed by atoms with Gasteiger partial charge in [-0.2, -0.15) is 0 Å². The maximum Gasteiger partial charge on any atom is 0.0345 e. The van der Waals surface area contributed by atoms with Gasteiger partial charge in [-0.15, -0.1) is 0 Å². The van der Waals surface area contributed by atoms with E-state index in [9.17, 15) is 0 Å². The molecule has 0 aromatic carbocycles. The summed E-state index contributed by atoms with van der Waals surface area (Å²) in [7, 11) is 0. The molecule has 10 heavy (non-hydrogen) atoms. The van der Waals surface area contributed by atoms with Gasteiger partial charge in [-0.25, -0.2) is 0 Å². The molecular formula is C9H11N. The summed E-state index contributed by atoms with van der Waals surface area (Å²) in [5.41, 5.74) is 3.47. The van der Waals surface area contributed by atoms with Gasteiger partial charge in [-0.1, -0.05) is 6.58 Å². The third kappa shape index (κ3) is 1.24. The largest absolute Gasteiger partial charge is 0.264 e. The van der Waals surface area contributed by atoms with E-state index in [4.69, 9.17) is 0 Å². The Labute approximate surface area is 61.4 Å². The summed E-state index contributed by atoms with van der Waals surface area (Å²) in [6, 6.07) is 1.99. The number of pyridine rings is 1. The normalized spacial score (nSPS) is 9.40. The van der Waals surface area contributed by atoms with E-state index in [0.717, 1.165) is 11.1 Å². The first-order valence-corrected chi connectivity index (χ1v) is 3.28. The van der Waals surface area contributed by atoms with Crippen LogP contribution in [0.25, 0.3) is 5.57 Å². The van der Waals surface area contributed by atoms with Crippen molar-refractivity contribution in [2.24, 2.45) is 0 Å². The minimum absolute atomic E-state index is 1.07. The second-order valence-electron chi connectivity index (χ2n) is 2.47. The quantitative estimate of drug-likeness (QED) is 0.573. The van der Waals surface area contributed by atoms with Crippen LogP contribution in [0.15, 0.2) is 25.0 Å². The van der Waals surface area contributed by atoms with E-state index in [0.29, 0.717) is 0 Å². The maximum absolute atomic E-state index is 4.01. The molecule has 1 aromatic rings. The molecule has 1 heterocycles. The Hall–Kier alpha value is -1.11. The van der Waals surface area contributed by atoms with E-state index in [-0.39, 0.29) is 0 Å². The van der Waals surface area contributed by atoms with Crippen molar-refractivity contribution in [1.82, 2.24) is 4.98 Å². The van der Waals surface area contributed by atoms with E-state index < -0.39 is 0 Å². The van der Waals surface area contributed by atoms with Crippen LogP contribution in [0.3, 0.4) is 0 Å². The summed E-state index contributed by atoms with van der Waals surface area (Å²) < 4.78 is 0. The molecule has 0 fully saturated rings. The lowest BCUT2D eigenvalue weighted by Crippen LogP contribution is -1.84. The van der Waals surface area contributed by atoms with Crippen molar-refractivity contribution in [2.75, 3.05) is 0 Å². The molecule has 1 nitrogen and oxygen atoms in total. The summed E-state index contributed by atoms with van der Waals surface area (Å²) in [6.07, 6.45) is 3.64. The molecule has 0 saturated carbocycles. The van der Waals surface area contributed by atoms with Gasteiger partial charge in [0.05, 0.1) is 0 Å². The van der Waals surface area contributed by atoms with Crippen LogP contribution in [0.2, 0.25) is 0 Å². The fraction of sp³-hybridized carbons (Fsp3) is 0.222. The Morgan fingerprint density at radius 1 is 1.60 bits per heavy atom. The van der Waals surface area contributed by atoms with Crippen molar-refractivity contribution >= 4 is 5.57 Å². The lowest BCUT2D eigenvalue weighted by molar-refractivity contribution is 1.26. The number of allylic oxidation sites excluding steroid dienone is 1. The molecule has 0 bridgehead atoms. The third-order valence-corrected chi connectivity index (χ3v) is 1.50. The van der Waals surface area contributed by atoms with Crippen molar-refractivity contribution in [1.29, 1.82) is 0 Å². The highest BCUT2D eigenvalue weighted by molar-refractivity contribution is 5.63. The zero-order valence-corrected chi connectivity index (χ0v) is 6.39. The van der Waals surface area contributed by atoms with Crippen molar-refractivity contribution in [2.45, 2.75) is 13.8 Å². The minimum atomic E-state index is 1.07. The summed E-state index contributed by atoms with van der Waals surface area (Å²) in [4.78, 5) is 4.01. The topological polar surface area (TPSA) is 12.9 Å². The average Bonchev–Trinajstić information content (AvgIpc) is 1.88. The van der Waals surface area contributed by atoms with Crippen molar-refractivity contribution < 1.29 is 0 Å². The van der Waals surface area contributed by atoms with Crippen LogP contribution < -0.4 is 0 Å². The lowest BCUT2D eigenvalue weighted by Gasteiger charge is -2.01. The van der Waals surface area contributed by atoms with Gasteiger partial charge in [0.2, 0.25) is 0 Å². The van der Waals surface area contributed by atoms with E-state index in [1.54, 1.807) is 6.20 Å². The number of hydrogen-bond acceptors (Lipinski definition) is 1. The molecule has 0 unspecified atom stereocenters. The smallest absolute Gasteiger partial charge is 0.0345 e. The van der Waals surface area contributed by atoms with Crippen LogP contribution in [-0.2, 0) is 0 Å². The monoisotopic (exact) mass is 133 g/mol. The van der Waals surface area contributed by atoms with Crippen LogP contribution in [0.5, 0.6) is 0 Å². The van der Waals surface area contributed by atoms with Crippen LogP contribution in [0, 0.1) is 6.92 Å². The van der Waals surface area contributed by atoms with E-state index in [2.05, 4.69) is 18.5 Å². The summed E-state index contributed by atoms with van der Waals surface area (Å²) >= 11 is 0. The summed E-state index contributed by atoms with van der Waals surface area (Å²) in [6.45, 7) is 7.90. The highest BCUT2D eigenvalue weighted by atomic mass is 14.6. The van der Waals surface area contributed by atoms with Gasteiger partial charge in [-0.3, -0.25) is 4.98 Å². The molecule has 0 aliphatic rings. The minimum Gasteiger partial charge on any atom is -0.264 e. The molecule has 0 aliphatic heterocycles. The Morgan fingerprint density at radius 3 is 2.70 bits per heavy atom. The average molecular weight is 133 g/mol. The first-order valence-electron chi connectivity index (χ1n) is 3.28. The molecule has 0 aliphatic carbocycles. The molecule has 1 heteroatoms.